The molecule has 0 unspecified atom stereocenters. The van der Waals surface area contributed by atoms with Crippen molar-refractivity contribution in [1.82, 2.24) is 5.48 Å². The van der Waals surface area contributed by atoms with E-state index in [0.717, 1.165) is 0 Å². The molecule has 70 valence electrons. The second kappa shape index (κ2) is 4.71. The van der Waals surface area contributed by atoms with E-state index in [2.05, 4.69) is 10.3 Å². The Morgan fingerprint density at radius 2 is 1.92 bits per heavy atom. The first-order valence-corrected chi connectivity index (χ1v) is 3.61. The first kappa shape index (κ1) is 10.9. The molecule has 0 aliphatic heterocycles. The van der Waals surface area contributed by atoms with Gasteiger partial charge in [-0.1, -0.05) is 13.8 Å². The molecule has 0 heterocycles. The molecule has 12 heavy (non-hydrogen) atoms. The number of nitrogens with one attached hydrogen (secondary N) is 1. The van der Waals surface area contributed by atoms with Gasteiger partial charge in [-0.3, -0.25) is 9.59 Å². The second-order valence-corrected chi connectivity index (χ2v) is 2.77. The molecule has 1 atom stereocenters. The van der Waals surface area contributed by atoms with Gasteiger partial charge in [0, 0.05) is 6.92 Å². The lowest BCUT2D eigenvalue weighted by molar-refractivity contribution is -0.157. The van der Waals surface area contributed by atoms with Gasteiger partial charge in [0.2, 0.25) is 0 Å². The predicted octanol–water partition coefficient (Wildman–Crippen LogP) is 0.163. The first-order valence-electron chi connectivity index (χ1n) is 3.61. The normalized spacial score (nSPS) is 12.7. The Kier molecular flexibility index (Phi) is 4.28. The minimum Gasteiger partial charge on any atom is -0.480 e. The fourth-order valence-corrected chi connectivity index (χ4v) is 0.618. The molecule has 0 bridgehead atoms. The van der Waals surface area contributed by atoms with Crippen LogP contribution in [-0.4, -0.2) is 23.1 Å². The van der Waals surface area contributed by atoms with E-state index in [4.69, 9.17) is 5.11 Å². The average molecular weight is 175 g/mol. The average Bonchev–Trinajstić information content (AvgIpc) is 1.84. The van der Waals surface area contributed by atoms with E-state index in [1.165, 1.54) is 6.92 Å². The number of carboxylic acid groups (broad SMARTS) is 1. The van der Waals surface area contributed by atoms with Crippen molar-refractivity contribution in [3.8, 4) is 0 Å². The Morgan fingerprint density at radius 3 is 2.17 bits per heavy atom. The van der Waals surface area contributed by atoms with Crippen LogP contribution in [0.3, 0.4) is 0 Å². The third-order valence-electron chi connectivity index (χ3n) is 1.26. The van der Waals surface area contributed by atoms with Gasteiger partial charge in [-0.2, -0.15) is 0 Å². The number of rotatable bonds is 4. The Bertz CT molecular complexity index is 178. The lowest BCUT2D eigenvalue weighted by atomic mass is 10.1. The number of hydrogen-bond donors (Lipinski definition) is 2. The number of carbonyl (C=O) groups excluding carboxylic acids is 1. The topological polar surface area (TPSA) is 75.6 Å². The molecule has 0 aliphatic rings. The number of aliphatic carboxylic acids is 1. The van der Waals surface area contributed by atoms with Crippen molar-refractivity contribution in [2.75, 3.05) is 0 Å². The maximum absolute atomic E-state index is 10.5. The summed E-state index contributed by atoms with van der Waals surface area (Å²) < 4.78 is 0. The SMILES string of the molecule is CC(=O)ON[C@H](C(=O)O)C(C)C. The minimum absolute atomic E-state index is 0.137. The molecule has 0 saturated heterocycles. The fraction of sp³-hybridized carbons (Fsp3) is 0.714. The molecular weight excluding hydrogens is 162 g/mol. The molecule has 0 fully saturated rings. The zero-order chi connectivity index (χ0) is 9.72. The Labute approximate surface area is 70.7 Å². The summed E-state index contributed by atoms with van der Waals surface area (Å²) in [5.74, 6) is -1.73. The van der Waals surface area contributed by atoms with Crippen LogP contribution in [0.2, 0.25) is 0 Å². The highest BCUT2D eigenvalue weighted by molar-refractivity contribution is 5.74. The highest BCUT2D eigenvalue weighted by atomic mass is 16.7. The van der Waals surface area contributed by atoms with Crippen molar-refractivity contribution in [1.29, 1.82) is 0 Å². The summed E-state index contributed by atoms with van der Waals surface area (Å²) in [5.41, 5.74) is 2.17. The van der Waals surface area contributed by atoms with Crippen molar-refractivity contribution in [2.45, 2.75) is 26.8 Å². The molecule has 0 aliphatic carbocycles. The van der Waals surface area contributed by atoms with Crippen LogP contribution in [0, 0.1) is 5.92 Å². The molecule has 5 heteroatoms. The highest BCUT2D eigenvalue weighted by Crippen LogP contribution is 2.01. The van der Waals surface area contributed by atoms with E-state index >= 15 is 0 Å². The molecule has 0 aromatic carbocycles. The third-order valence-corrected chi connectivity index (χ3v) is 1.26. The summed E-state index contributed by atoms with van der Waals surface area (Å²) in [7, 11) is 0. The summed E-state index contributed by atoms with van der Waals surface area (Å²) in [6, 6.07) is -0.853. The van der Waals surface area contributed by atoms with Gasteiger partial charge in [0.05, 0.1) is 0 Å². The smallest absolute Gasteiger partial charge is 0.324 e. The summed E-state index contributed by atoms with van der Waals surface area (Å²) in [6.45, 7) is 4.64. The Morgan fingerprint density at radius 1 is 1.42 bits per heavy atom. The first-order chi connectivity index (χ1) is 5.45. The number of carbonyl (C=O) groups is 2. The summed E-state index contributed by atoms with van der Waals surface area (Å²) in [4.78, 5) is 25.2. The van der Waals surface area contributed by atoms with E-state index in [-0.39, 0.29) is 5.92 Å². The zero-order valence-electron chi connectivity index (χ0n) is 7.33. The van der Waals surface area contributed by atoms with Crippen LogP contribution in [0.5, 0.6) is 0 Å². The number of carboxylic acids is 1. The predicted molar refractivity (Wildman–Crippen MR) is 41.2 cm³/mol. The van der Waals surface area contributed by atoms with Crippen molar-refractivity contribution in [2.24, 2.45) is 5.92 Å². The van der Waals surface area contributed by atoms with Crippen LogP contribution in [0.25, 0.3) is 0 Å². The second-order valence-electron chi connectivity index (χ2n) is 2.77. The van der Waals surface area contributed by atoms with Gasteiger partial charge in [-0.05, 0) is 5.92 Å². The molecular formula is C7H13NO4. The van der Waals surface area contributed by atoms with Crippen molar-refractivity contribution >= 4 is 11.9 Å². The van der Waals surface area contributed by atoms with Crippen LogP contribution in [0.1, 0.15) is 20.8 Å². The number of hydrogen-bond acceptors (Lipinski definition) is 4. The molecule has 0 radical (unpaired) electrons. The monoisotopic (exact) mass is 175 g/mol. The van der Waals surface area contributed by atoms with Gasteiger partial charge in [0.15, 0.2) is 0 Å². The fourth-order valence-electron chi connectivity index (χ4n) is 0.618. The summed E-state index contributed by atoms with van der Waals surface area (Å²) in [6.07, 6.45) is 0. The zero-order valence-corrected chi connectivity index (χ0v) is 7.33. The molecule has 0 amide bonds. The molecule has 2 N–H and O–H groups in total. The third kappa shape index (κ3) is 3.92. The van der Waals surface area contributed by atoms with Gasteiger partial charge in [-0.15, -0.1) is 5.48 Å². The molecule has 0 aromatic heterocycles. The Hall–Kier alpha value is -1.10. The molecule has 0 spiro atoms. The van der Waals surface area contributed by atoms with Crippen molar-refractivity contribution < 1.29 is 19.5 Å². The van der Waals surface area contributed by atoms with Gasteiger partial charge in [0.1, 0.15) is 6.04 Å². The largest absolute Gasteiger partial charge is 0.480 e. The van der Waals surface area contributed by atoms with Crippen LogP contribution < -0.4 is 5.48 Å². The maximum atomic E-state index is 10.5. The molecule has 0 rings (SSSR count). The van der Waals surface area contributed by atoms with Crippen LogP contribution in [0.15, 0.2) is 0 Å². The van der Waals surface area contributed by atoms with E-state index in [1.54, 1.807) is 13.8 Å². The van der Waals surface area contributed by atoms with E-state index in [0.29, 0.717) is 0 Å². The molecule has 0 aromatic rings. The lowest BCUT2D eigenvalue weighted by Crippen LogP contribution is -2.41. The van der Waals surface area contributed by atoms with Gasteiger partial charge < -0.3 is 9.94 Å². The maximum Gasteiger partial charge on any atom is 0.324 e. The minimum atomic E-state index is -1.04. The summed E-state index contributed by atoms with van der Waals surface area (Å²) in [5, 5.41) is 8.60. The van der Waals surface area contributed by atoms with E-state index in [1.807, 2.05) is 0 Å². The quantitative estimate of drug-likeness (QED) is 0.595. The van der Waals surface area contributed by atoms with Gasteiger partial charge in [0.25, 0.3) is 0 Å². The molecule has 5 nitrogen and oxygen atoms in total. The van der Waals surface area contributed by atoms with Crippen molar-refractivity contribution in [3.63, 3.8) is 0 Å². The Balaban J connectivity index is 3.97. The standard InChI is InChI=1S/C7H13NO4/c1-4(2)6(7(10)11)8-12-5(3)9/h4,6,8H,1-3H3,(H,10,11)/t6-/m0/s1. The van der Waals surface area contributed by atoms with Crippen LogP contribution >= 0.6 is 0 Å². The van der Waals surface area contributed by atoms with Gasteiger partial charge >= 0.3 is 11.9 Å². The summed E-state index contributed by atoms with van der Waals surface area (Å²) >= 11 is 0. The van der Waals surface area contributed by atoms with Crippen LogP contribution in [-0.2, 0) is 14.4 Å². The highest BCUT2D eigenvalue weighted by Gasteiger charge is 2.21. The van der Waals surface area contributed by atoms with Crippen LogP contribution in [0.4, 0.5) is 0 Å². The number of hydroxylamine groups is 1. The lowest BCUT2D eigenvalue weighted by Gasteiger charge is -2.15. The van der Waals surface area contributed by atoms with Gasteiger partial charge in [-0.25, -0.2) is 0 Å². The molecule has 0 saturated carbocycles. The van der Waals surface area contributed by atoms with E-state index < -0.39 is 18.0 Å². The van der Waals surface area contributed by atoms with E-state index in [9.17, 15) is 9.59 Å². The van der Waals surface area contributed by atoms with Crippen molar-refractivity contribution in [3.05, 3.63) is 0 Å².